The Balaban J connectivity index is 1.22. The van der Waals surface area contributed by atoms with Crippen molar-refractivity contribution in [3.8, 4) is 0 Å². The summed E-state index contributed by atoms with van der Waals surface area (Å²) in [7, 11) is 0. The van der Waals surface area contributed by atoms with E-state index in [0.29, 0.717) is 5.12 Å². The molecule has 4 aliphatic rings. The van der Waals surface area contributed by atoms with Gasteiger partial charge in [-0.3, -0.25) is 4.79 Å². The van der Waals surface area contributed by atoms with Crippen LogP contribution in [-0.4, -0.2) is 10.9 Å². The van der Waals surface area contributed by atoms with Crippen molar-refractivity contribution >= 4 is 16.9 Å². The number of carbonyl (C=O) groups is 1. The summed E-state index contributed by atoms with van der Waals surface area (Å²) >= 11 is 1.70. The standard InChI is InChI=1S/C23H40OS/c1-2-3-4-5-6-7-8-9-10-11-12-25-22(24)23-16-19-13-20(17-23)15-21(14-19)18-23/h19-21H,2-18H2,1H3. The summed E-state index contributed by atoms with van der Waals surface area (Å²) in [6.07, 6.45) is 21.9. The Labute approximate surface area is 160 Å². The molecule has 0 atom stereocenters. The van der Waals surface area contributed by atoms with Crippen LogP contribution in [0.2, 0.25) is 0 Å². The Hall–Kier alpha value is 0.0200. The van der Waals surface area contributed by atoms with E-state index in [-0.39, 0.29) is 5.41 Å². The first-order valence-electron chi connectivity index (χ1n) is 11.4. The lowest BCUT2D eigenvalue weighted by atomic mass is 9.50. The molecule has 4 bridgehead atoms. The topological polar surface area (TPSA) is 17.1 Å². The average molecular weight is 365 g/mol. The highest BCUT2D eigenvalue weighted by atomic mass is 32.2. The van der Waals surface area contributed by atoms with Crippen molar-refractivity contribution < 1.29 is 4.79 Å². The number of rotatable bonds is 12. The first kappa shape index (κ1) is 19.8. The summed E-state index contributed by atoms with van der Waals surface area (Å²) in [6.45, 7) is 2.28. The number of thioether (sulfide) groups is 1. The Morgan fingerprint density at radius 1 is 0.760 bits per heavy atom. The summed E-state index contributed by atoms with van der Waals surface area (Å²) in [5.41, 5.74) is 0.123. The maximum atomic E-state index is 12.9. The van der Waals surface area contributed by atoms with Crippen molar-refractivity contribution in [3.05, 3.63) is 0 Å². The van der Waals surface area contributed by atoms with Gasteiger partial charge in [-0.15, -0.1) is 0 Å². The Kier molecular flexibility index (Phi) is 7.76. The van der Waals surface area contributed by atoms with Gasteiger partial charge in [0.15, 0.2) is 5.12 Å². The SMILES string of the molecule is CCCCCCCCCCCCSC(=O)C12CC3CC(CC(C3)C1)C2. The second kappa shape index (κ2) is 9.81. The number of hydrogen-bond donors (Lipinski definition) is 0. The van der Waals surface area contributed by atoms with E-state index in [1.165, 1.54) is 103 Å². The Bertz CT molecular complexity index is 381. The fraction of sp³-hybridized carbons (Fsp3) is 0.957. The number of unbranched alkanes of at least 4 members (excludes halogenated alkanes) is 9. The molecule has 144 valence electrons. The molecule has 1 nitrogen and oxygen atoms in total. The lowest BCUT2D eigenvalue weighted by molar-refractivity contribution is -0.134. The zero-order valence-electron chi connectivity index (χ0n) is 16.6. The van der Waals surface area contributed by atoms with Crippen LogP contribution in [0.3, 0.4) is 0 Å². The van der Waals surface area contributed by atoms with E-state index in [1.807, 2.05) is 0 Å². The smallest absolute Gasteiger partial charge is 0.195 e. The van der Waals surface area contributed by atoms with Crippen LogP contribution < -0.4 is 0 Å². The van der Waals surface area contributed by atoms with Gasteiger partial charge in [0.25, 0.3) is 0 Å². The summed E-state index contributed by atoms with van der Waals surface area (Å²) in [5, 5.41) is 0.586. The van der Waals surface area contributed by atoms with Crippen molar-refractivity contribution in [2.24, 2.45) is 23.2 Å². The minimum atomic E-state index is 0.123. The van der Waals surface area contributed by atoms with Gasteiger partial charge in [0.2, 0.25) is 0 Å². The normalized spacial score (nSPS) is 33.1. The molecule has 0 aromatic rings. The van der Waals surface area contributed by atoms with Crippen LogP contribution in [-0.2, 0) is 4.79 Å². The van der Waals surface area contributed by atoms with Crippen molar-refractivity contribution in [3.63, 3.8) is 0 Å². The molecule has 0 aliphatic heterocycles. The second-order valence-electron chi connectivity index (χ2n) is 9.52. The van der Waals surface area contributed by atoms with Gasteiger partial charge in [-0.05, 0) is 62.7 Å². The van der Waals surface area contributed by atoms with Crippen LogP contribution in [0, 0.1) is 23.2 Å². The summed E-state index contributed by atoms with van der Waals surface area (Å²) < 4.78 is 0. The van der Waals surface area contributed by atoms with Crippen LogP contribution in [0.15, 0.2) is 0 Å². The fourth-order valence-corrected chi connectivity index (χ4v) is 7.36. The Morgan fingerprint density at radius 3 is 1.68 bits per heavy atom. The van der Waals surface area contributed by atoms with E-state index >= 15 is 0 Å². The van der Waals surface area contributed by atoms with Crippen LogP contribution >= 0.6 is 11.8 Å². The predicted molar refractivity (Wildman–Crippen MR) is 110 cm³/mol. The summed E-state index contributed by atoms with van der Waals surface area (Å²) in [5.74, 6) is 3.77. The highest BCUT2D eigenvalue weighted by Crippen LogP contribution is 2.61. The van der Waals surface area contributed by atoms with Crippen molar-refractivity contribution in [1.82, 2.24) is 0 Å². The minimum Gasteiger partial charge on any atom is -0.287 e. The quantitative estimate of drug-likeness (QED) is 0.336. The maximum Gasteiger partial charge on any atom is 0.195 e. The van der Waals surface area contributed by atoms with Crippen molar-refractivity contribution in [2.45, 2.75) is 110 Å². The van der Waals surface area contributed by atoms with Crippen LogP contribution in [0.1, 0.15) is 110 Å². The molecule has 0 aromatic carbocycles. The van der Waals surface area contributed by atoms with Gasteiger partial charge in [0, 0.05) is 11.2 Å². The van der Waals surface area contributed by atoms with Crippen LogP contribution in [0.4, 0.5) is 0 Å². The van der Waals surface area contributed by atoms with Gasteiger partial charge in [0.05, 0.1) is 0 Å². The third-order valence-electron chi connectivity index (χ3n) is 7.20. The summed E-state index contributed by atoms with van der Waals surface area (Å²) in [4.78, 5) is 12.9. The van der Waals surface area contributed by atoms with E-state index < -0.39 is 0 Å². The van der Waals surface area contributed by atoms with Gasteiger partial charge in [0.1, 0.15) is 0 Å². The number of carbonyl (C=O) groups excluding carboxylic acids is 1. The molecule has 25 heavy (non-hydrogen) atoms. The van der Waals surface area contributed by atoms with Gasteiger partial charge in [-0.1, -0.05) is 76.5 Å². The molecular formula is C23H40OS. The monoisotopic (exact) mass is 364 g/mol. The molecule has 0 heterocycles. The first-order valence-corrected chi connectivity index (χ1v) is 12.4. The third kappa shape index (κ3) is 5.50. The zero-order chi connectivity index (χ0) is 17.5. The van der Waals surface area contributed by atoms with Gasteiger partial charge >= 0.3 is 0 Å². The molecule has 0 saturated heterocycles. The van der Waals surface area contributed by atoms with E-state index in [2.05, 4.69) is 6.92 Å². The van der Waals surface area contributed by atoms with E-state index in [1.54, 1.807) is 11.8 Å². The molecular weight excluding hydrogens is 324 g/mol. The van der Waals surface area contributed by atoms with Gasteiger partial charge in [-0.2, -0.15) is 0 Å². The molecule has 2 heteroatoms. The lowest BCUT2D eigenvalue weighted by Gasteiger charge is -2.55. The minimum absolute atomic E-state index is 0.123. The number of hydrogen-bond acceptors (Lipinski definition) is 2. The largest absolute Gasteiger partial charge is 0.287 e. The zero-order valence-corrected chi connectivity index (χ0v) is 17.4. The molecule has 4 aliphatic carbocycles. The fourth-order valence-electron chi connectivity index (χ4n) is 6.27. The second-order valence-corrected chi connectivity index (χ2v) is 10.6. The average Bonchev–Trinajstić information content (AvgIpc) is 2.58. The molecule has 0 N–H and O–H groups in total. The molecule has 0 aromatic heterocycles. The Morgan fingerprint density at radius 2 is 1.20 bits per heavy atom. The highest BCUT2D eigenvalue weighted by molar-refractivity contribution is 8.13. The molecule has 4 rings (SSSR count). The lowest BCUT2D eigenvalue weighted by Crippen LogP contribution is -2.49. The molecule has 0 radical (unpaired) electrons. The molecule has 4 saturated carbocycles. The maximum absolute atomic E-state index is 12.9. The summed E-state index contributed by atoms with van der Waals surface area (Å²) in [6, 6.07) is 0. The molecule has 0 amide bonds. The predicted octanol–water partition coefficient (Wildman–Crippen LogP) is 7.38. The third-order valence-corrected chi connectivity index (χ3v) is 8.39. The van der Waals surface area contributed by atoms with Crippen LogP contribution in [0.5, 0.6) is 0 Å². The van der Waals surface area contributed by atoms with E-state index in [4.69, 9.17) is 0 Å². The highest BCUT2D eigenvalue weighted by Gasteiger charge is 2.54. The van der Waals surface area contributed by atoms with Crippen LogP contribution in [0.25, 0.3) is 0 Å². The van der Waals surface area contributed by atoms with Gasteiger partial charge in [-0.25, -0.2) is 0 Å². The van der Waals surface area contributed by atoms with Crippen molar-refractivity contribution in [2.75, 3.05) is 5.75 Å². The first-order chi connectivity index (χ1) is 12.2. The molecule has 4 fully saturated rings. The van der Waals surface area contributed by atoms with Gasteiger partial charge < -0.3 is 0 Å². The molecule has 0 spiro atoms. The van der Waals surface area contributed by atoms with E-state index in [0.717, 1.165) is 23.5 Å². The van der Waals surface area contributed by atoms with Crippen molar-refractivity contribution in [1.29, 1.82) is 0 Å². The molecule has 0 unspecified atom stereocenters. The van der Waals surface area contributed by atoms with E-state index in [9.17, 15) is 4.79 Å².